The zero-order valence-corrected chi connectivity index (χ0v) is 19.4. The standard InChI is InChI=1S/C20H23F3N6O2S2/c1-20(4-5-20)27-33(30,31)13-8-16(28-7-6-24-12(9-21)10-28)14-2-3-15(29(14)11-13)18-25-26-19(32-18)17(22)23/h2-3,8,11-12,17,24,27H,4-7,9-10H2,1H3/t12-/m0/s1. The van der Waals surface area contributed by atoms with E-state index in [1.54, 1.807) is 22.6 Å². The molecule has 3 aromatic heterocycles. The largest absolute Gasteiger partial charge is 0.367 e. The van der Waals surface area contributed by atoms with Crippen LogP contribution in [0.5, 0.6) is 0 Å². The van der Waals surface area contributed by atoms with Crippen molar-refractivity contribution < 1.29 is 21.6 Å². The van der Waals surface area contributed by atoms with Crippen molar-refractivity contribution in [3.8, 4) is 10.7 Å². The van der Waals surface area contributed by atoms with Crippen molar-refractivity contribution in [1.82, 2.24) is 24.6 Å². The van der Waals surface area contributed by atoms with E-state index in [0.29, 0.717) is 36.5 Å². The highest BCUT2D eigenvalue weighted by molar-refractivity contribution is 7.89. The van der Waals surface area contributed by atoms with Crippen LogP contribution < -0.4 is 14.9 Å². The first-order valence-corrected chi connectivity index (χ1v) is 12.8. The smallest absolute Gasteiger partial charge is 0.291 e. The van der Waals surface area contributed by atoms with Crippen molar-refractivity contribution in [2.75, 3.05) is 31.2 Å². The molecule has 0 unspecified atom stereocenters. The van der Waals surface area contributed by atoms with Crippen molar-refractivity contribution in [3.05, 3.63) is 29.4 Å². The number of aromatic nitrogens is 3. The summed E-state index contributed by atoms with van der Waals surface area (Å²) in [5.41, 5.74) is 1.30. The SMILES string of the molecule is CC1(NS(=O)(=O)c2cc(N3CCN[C@@H](CF)C3)c3ccc(-c4nnc(C(F)F)s4)n3c2)CC1. The van der Waals surface area contributed by atoms with Gasteiger partial charge in [0.1, 0.15) is 11.6 Å². The van der Waals surface area contributed by atoms with Crippen LogP contribution in [0.1, 0.15) is 31.2 Å². The summed E-state index contributed by atoms with van der Waals surface area (Å²) in [5.74, 6) is 0. The van der Waals surface area contributed by atoms with Gasteiger partial charge in [0.15, 0.2) is 10.0 Å². The highest BCUT2D eigenvalue weighted by Gasteiger charge is 2.41. The van der Waals surface area contributed by atoms with E-state index >= 15 is 0 Å². The zero-order chi connectivity index (χ0) is 23.4. The number of anilines is 1. The van der Waals surface area contributed by atoms with Crippen molar-refractivity contribution in [1.29, 1.82) is 0 Å². The number of alkyl halides is 3. The molecule has 3 aromatic rings. The highest BCUT2D eigenvalue weighted by atomic mass is 32.2. The number of pyridine rings is 1. The molecule has 1 saturated heterocycles. The van der Waals surface area contributed by atoms with Crippen LogP contribution in [0.15, 0.2) is 29.3 Å². The van der Waals surface area contributed by atoms with E-state index in [1.807, 2.05) is 11.8 Å². The normalized spacial score (nSPS) is 20.6. The number of sulfonamides is 1. The molecule has 13 heteroatoms. The lowest BCUT2D eigenvalue weighted by atomic mass is 10.2. The number of hydrogen-bond donors (Lipinski definition) is 2. The molecule has 2 N–H and O–H groups in total. The molecule has 0 spiro atoms. The molecule has 8 nitrogen and oxygen atoms in total. The molecule has 178 valence electrons. The Morgan fingerprint density at radius 2 is 2.12 bits per heavy atom. The molecule has 5 rings (SSSR count). The quantitative estimate of drug-likeness (QED) is 0.518. The fraction of sp³-hybridized carbons (Fsp3) is 0.500. The first kappa shape index (κ1) is 22.6. The number of rotatable bonds is 7. The first-order chi connectivity index (χ1) is 15.7. The summed E-state index contributed by atoms with van der Waals surface area (Å²) in [5, 5.41) is 10.4. The Labute approximate surface area is 192 Å². The lowest BCUT2D eigenvalue weighted by Crippen LogP contribution is -2.51. The van der Waals surface area contributed by atoms with Gasteiger partial charge >= 0.3 is 0 Å². The van der Waals surface area contributed by atoms with E-state index in [2.05, 4.69) is 20.2 Å². The molecule has 0 amide bonds. The lowest BCUT2D eigenvalue weighted by molar-refractivity contribution is 0.150. The Hall–Kier alpha value is -2.22. The number of hydrogen-bond acceptors (Lipinski definition) is 7. The number of fused-ring (bicyclic) bond motifs is 1. The van der Waals surface area contributed by atoms with Gasteiger partial charge in [-0.25, -0.2) is 26.3 Å². The van der Waals surface area contributed by atoms with Crippen LogP contribution in [0.3, 0.4) is 0 Å². The Kier molecular flexibility index (Phi) is 5.62. The average Bonchev–Trinajstić information content (AvgIpc) is 3.19. The third kappa shape index (κ3) is 4.34. The summed E-state index contributed by atoms with van der Waals surface area (Å²) in [6.07, 6.45) is 0.247. The maximum atomic E-state index is 13.4. The van der Waals surface area contributed by atoms with Gasteiger partial charge in [0, 0.05) is 31.4 Å². The molecule has 33 heavy (non-hydrogen) atoms. The van der Waals surface area contributed by atoms with Crippen LogP contribution >= 0.6 is 11.3 Å². The number of piperazine rings is 1. The van der Waals surface area contributed by atoms with Crippen LogP contribution in [0.25, 0.3) is 16.2 Å². The molecule has 4 heterocycles. The van der Waals surface area contributed by atoms with Crippen molar-refractivity contribution >= 4 is 32.6 Å². The van der Waals surface area contributed by atoms with E-state index in [4.69, 9.17) is 0 Å². The Bertz CT molecular complexity index is 1290. The monoisotopic (exact) mass is 500 g/mol. The van der Waals surface area contributed by atoms with Crippen molar-refractivity contribution in [2.45, 2.75) is 42.7 Å². The minimum Gasteiger partial charge on any atom is -0.367 e. The first-order valence-electron chi connectivity index (χ1n) is 10.5. The van der Waals surface area contributed by atoms with Gasteiger partial charge in [-0.1, -0.05) is 11.3 Å². The highest BCUT2D eigenvalue weighted by Crippen LogP contribution is 2.38. The summed E-state index contributed by atoms with van der Waals surface area (Å²) in [6, 6.07) is 4.72. The van der Waals surface area contributed by atoms with Gasteiger partial charge in [-0.2, -0.15) is 0 Å². The number of nitrogens with one attached hydrogen (secondary N) is 2. The molecule has 1 saturated carbocycles. The van der Waals surface area contributed by atoms with E-state index in [9.17, 15) is 21.6 Å². The topological polar surface area (TPSA) is 91.6 Å². The van der Waals surface area contributed by atoms with Gasteiger partial charge in [-0.15, -0.1) is 10.2 Å². The third-order valence-electron chi connectivity index (χ3n) is 6.04. The van der Waals surface area contributed by atoms with Gasteiger partial charge < -0.3 is 14.6 Å². The van der Waals surface area contributed by atoms with Gasteiger partial charge in [0.05, 0.1) is 22.9 Å². The molecular weight excluding hydrogens is 477 g/mol. The number of halogens is 3. The van der Waals surface area contributed by atoms with Gasteiger partial charge in [0.25, 0.3) is 6.43 Å². The van der Waals surface area contributed by atoms with Crippen LogP contribution in [0.2, 0.25) is 0 Å². The van der Waals surface area contributed by atoms with Crippen molar-refractivity contribution in [2.24, 2.45) is 0 Å². The summed E-state index contributed by atoms with van der Waals surface area (Å²) < 4.78 is 70.3. The van der Waals surface area contributed by atoms with E-state index in [-0.39, 0.29) is 15.9 Å². The second-order valence-electron chi connectivity index (χ2n) is 8.70. The summed E-state index contributed by atoms with van der Waals surface area (Å²) in [6.45, 7) is 2.79. The molecule has 1 aliphatic heterocycles. The molecule has 2 aliphatic rings. The molecule has 0 aromatic carbocycles. The molecular formula is C20H23F3N6O2S2. The Morgan fingerprint density at radius 3 is 2.79 bits per heavy atom. The molecule has 0 bridgehead atoms. The third-order valence-corrected chi connectivity index (χ3v) is 8.59. The summed E-state index contributed by atoms with van der Waals surface area (Å²) in [7, 11) is -3.85. The second-order valence-corrected chi connectivity index (χ2v) is 11.4. The predicted octanol–water partition coefficient (Wildman–Crippen LogP) is 2.97. The van der Waals surface area contributed by atoms with Crippen molar-refractivity contribution in [3.63, 3.8) is 0 Å². The fourth-order valence-corrected chi connectivity index (χ4v) is 6.19. The van der Waals surface area contributed by atoms with E-state index in [1.165, 1.54) is 6.20 Å². The molecule has 1 atom stereocenters. The molecule has 0 radical (unpaired) electrons. The van der Waals surface area contributed by atoms with Gasteiger partial charge in [-0.05, 0) is 38.0 Å². The van der Waals surface area contributed by atoms with Crippen LogP contribution in [0.4, 0.5) is 18.9 Å². The summed E-state index contributed by atoms with van der Waals surface area (Å²) in [4.78, 5) is 1.99. The van der Waals surface area contributed by atoms with E-state index < -0.39 is 33.7 Å². The minimum absolute atomic E-state index is 0.0458. The predicted molar refractivity (Wildman–Crippen MR) is 119 cm³/mol. The zero-order valence-electron chi connectivity index (χ0n) is 17.8. The Balaban J connectivity index is 1.65. The molecule has 1 aliphatic carbocycles. The summed E-state index contributed by atoms with van der Waals surface area (Å²) >= 11 is 0.761. The maximum absolute atomic E-state index is 13.4. The maximum Gasteiger partial charge on any atom is 0.291 e. The lowest BCUT2D eigenvalue weighted by Gasteiger charge is -2.34. The van der Waals surface area contributed by atoms with Crippen LogP contribution in [0, 0.1) is 0 Å². The van der Waals surface area contributed by atoms with Crippen LogP contribution in [-0.2, 0) is 10.0 Å². The second kappa shape index (κ2) is 8.22. The van der Waals surface area contributed by atoms with E-state index in [0.717, 1.165) is 24.2 Å². The van der Waals surface area contributed by atoms with Gasteiger partial charge in [-0.3, -0.25) is 0 Å². The number of nitrogens with zero attached hydrogens (tertiary/aromatic N) is 4. The fourth-order valence-electron chi connectivity index (χ4n) is 3.99. The molecule has 2 fully saturated rings. The van der Waals surface area contributed by atoms with Gasteiger partial charge in [0.2, 0.25) is 10.0 Å². The Morgan fingerprint density at radius 1 is 1.33 bits per heavy atom. The average molecular weight is 501 g/mol. The van der Waals surface area contributed by atoms with Crippen LogP contribution in [-0.4, -0.2) is 60.9 Å². The minimum atomic E-state index is -3.85.